The minimum Gasteiger partial charge on any atom is -0.304 e. The Hall–Kier alpha value is -0.510. The van der Waals surface area contributed by atoms with E-state index in [0.29, 0.717) is 0 Å². The molecule has 2 aliphatic rings. The van der Waals surface area contributed by atoms with Gasteiger partial charge in [0.05, 0.1) is 5.25 Å². The number of nitrogens with one attached hydrogen (secondary N) is 1. The number of amides is 1. The fourth-order valence-electron chi connectivity index (χ4n) is 3.01. The molecule has 1 heterocycles. The Morgan fingerprint density at radius 3 is 2.75 bits per heavy atom. The van der Waals surface area contributed by atoms with E-state index in [1.165, 1.54) is 51.4 Å². The molecule has 0 aromatic rings. The van der Waals surface area contributed by atoms with E-state index >= 15 is 0 Å². The smallest absolute Gasteiger partial charge is 0.239 e. The number of hydrogen-bond acceptors (Lipinski definition) is 3. The van der Waals surface area contributed by atoms with E-state index in [4.69, 9.17) is 0 Å². The quantitative estimate of drug-likeness (QED) is 0.718. The highest BCUT2D eigenvalue weighted by molar-refractivity contribution is 8.15. The van der Waals surface area contributed by atoms with Crippen molar-refractivity contribution in [3.05, 3.63) is 0 Å². The van der Waals surface area contributed by atoms with Gasteiger partial charge >= 0.3 is 0 Å². The molecule has 2 rings (SSSR count). The predicted octanol–water partition coefficient (Wildman–Crippen LogP) is 4.12. The number of hydrogen-bond donors (Lipinski definition) is 1. The second-order valence-electron chi connectivity index (χ2n) is 6.09. The van der Waals surface area contributed by atoms with Crippen molar-refractivity contribution in [2.24, 2.45) is 10.9 Å². The number of aliphatic imine (C=N–C) groups is 1. The SMILES string of the molecule is CCCCCCC1SC(=NCC2CCCCC2)NC1=O. The Bertz CT molecular complexity index is 337. The first-order valence-corrected chi connectivity index (χ1v) is 9.19. The maximum Gasteiger partial charge on any atom is 0.239 e. The third kappa shape index (κ3) is 5.12. The Labute approximate surface area is 127 Å². The molecule has 0 bridgehead atoms. The highest BCUT2D eigenvalue weighted by Crippen LogP contribution is 2.27. The number of carbonyl (C=O) groups excluding carboxylic acids is 1. The molecule has 1 unspecified atom stereocenters. The van der Waals surface area contributed by atoms with E-state index in [2.05, 4.69) is 17.2 Å². The maximum absolute atomic E-state index is 11.9. The molecule has 0 spiro atoms. The third-order valence-electron chi connectivity index (χ3n) is 4.31. The van der Waals surface area contributed by atoms with Crippen LogP contribution in [0.4, 0.5) is 0 Å². The van der Waals surface area contributed by atoms with Crippen LogP contribution in [-0.2, 0) is 4.79 Å². The zero-order valence-corrected chi connectivity index (χ0v) is 13.5. The topological polar surface area (TPSA) is 41.5 Å². The molecule has 4 heteroatoms. The first-order valence-electron chi connectivity index (χ1n) is 8.31. The summed E-state index contributed by atoms with van der Waals surface area (Å²) in [6.45, 7) is 3.12. The van der Waals surface area contributed by atoms with Crippen LogP contribution in [-0.4, -0.2) is 22.9 Å². The molecule has 0 aromatic carbocycles. The molecule has 1 saturated heterocycles. The highest BCUT2D eigenvalue weighted by Gasteiger charge is 2.29. The molecular formula is C16H28N2OS. The number of nitrogens with zero attached hydrogens (tertiary/aromatic N) is 1. The summed E-state index contributed by atoms with van der Waals surface area (Å²) in [5.41, 5.74) is 0. The largest absolute Gasteiger partial charge is 0.304 e. The van der Waals surface area contributed by atoms with Crippen molar-refractivity contribution in [3.8, 4) is 0 Å². The molecule has 1 amide bonds. The van der Waals surface area contributed by atoms with Crippen LogP contribution in [0.2, 0.25) is 0 Å². The number of thioether (sulfide) groups is 1. The van der Waals surface area contributed by atoms with Crippen LogP contribution in [0.1, 0.15) is 71.1 Å². The van der Waals surface area contributed by atoms with Crippen LogP contribution >= 0.6 is 11.8 Å². The van der Waals surface area contributed by atoms with Gasteiger partial charge in [-0.15, -0.1) is 0 Å². The molecule has 1 saturated carbocycles. The van der Waals surface area contributed by atoms with E-state index in [1.54, 1.807) is 11.8 Å². The van der Waals surface area contributed by atoms with Crippen molar-refractivity contribution in [1.29, 1.82) is 0 Å². The van der Waals surface area contributed by atoms with E-state index in [9.17, 15) is 4.79 Å². The van der Waals surface area contributed by atoms with Gasteiger partial charge in [-0.1, -0.05) is 63.6 Å². The minimum atomic E-state index is 0.108. The lowest BCUT2D eigenvalue weighted by molar-refractivity contribution is -0.118. The fraction of sp³-hybridized carbons (Fsp3) is 0.875. The highest BCUT2D eigenvalue weighted by atomic mass is 32.2. The van der Waals surface area contributed by atoms with Gasteiger partial charge in [0.1, 0.15) is 0 Å². The van der Waals surface area contributed by atoms with Crippen molar-refractivity contribution in [1.82, 2.24) is 5.32 Å². The summed E-state index contributed by atoms with van der Waals surface area (Å²) in [5.74, 6) is 0.922. The van der Waals surface area contributed by atoms with Crippen molar-refractivity contribution >= 4 is 22.8 Å². The fourth-order valence-corrected chi connectivity index (χ4v) is 4.04. The molecule has 20 heavy (non-hydrogen) atoms. The molecule has 1 aliphatic carbocycles. The number of rotatable bonds is 7. The van der Waals surface area contributed by atoms with E-state index < -0.39 is 0 Å². The molecule has 1 aliphatic heterocycles. The van der Waals surface area contributed by atoms with Crippen LogP contribution in [0.15, 0.2) is 4.99 Å². The van der Waals surface area contributed by atoms with Gasteiger partial charge in [-0.2, -0.15) is 0 Å². The van der Waals surface area contributed by atoms with Crippen LogP contribution in [0.3, 0.4) is 0 Å². The number of amidine groups is 1. The molecule has 2 fully saturated rings. The summed E-state index contributed by atoms with van der Waals surface area (Å²) in [7, 11) is 0. The summed E-state index contributed by atoms with van der Waals surface area (Å²) in [4.78, 5) is 16.5. The molecule has 0 radical (unpaired) electrons. The lowest BCUT2D eigenvalue weighted by Crippen LogP contribution is -2.25. The van der Waals surface area contributed by atoms with Crippen molar-refractivity contribution in [2.45, 2.75) is 76.4 Å². The minimum absolute atomic E-state index is 0.108. The van der Waals surface area contributed by atoms with Gasteiger partial charge in [-0.05, 0) is 25.2 Å². The first kappa shape index (κ1) is 15.9. The molecule has 1 atom stereocenters. The van der Waals surface area contributed by atoms with Gasteiger partial charge < -0.3 is 5.32 Å². The van der Waals surface area contributed by atoms with Crippen molar-refractivity contribution in [3.63, 3.8) is 0 Å². The number of unbranched alkanes of at least 4 members (excludes halogenated alkanes) is 3. The maximum atomic E-state index is 11.9. The van der Waals surface area contributed by atoms with Gasteiger partial charge in [0.25, 0.3) is 0 Å². The number of carbonyl (C=O) groups is 1. The zero-order chi connectivity index (χ0) is 14.2. The van der Waals surface area contributed by atoms with E-state index in [-0.39, 0.29) is 11.2 Å². The molecular weight excluding hydrogens is 268 g/mol. The normalized spacial score (nSPS) is 26.1. The molecule has 0 aromatic heterocycles. The van der Waals surface area contributed by atoms with Gasteiger partial charge in [0, 0.05) is 6.54 Å². The lowest BCUT2D eigenvalue weighted by atomic mass is 9.89. The van der Waals surface area contributed by atoms with Crippen LogP contribution in [0.25, 0.3) is 0 Å². The van der Waals surface area contributed by atoms with Gasteiger partial charge in [-0.3, -0.25) is 9.79 Å². The van der Waals surface area contributed by atoms with Crippen LogP contribution < -0.4 is 5.32 Å². The second-order valence-corrected chi connectivity index (χ2v) is 7.29. The monoisotopic (exact) mass is 296 g/mol. The molecule has 3 nitrogen and oxygen atoms in total. The summed E-state index contributed by atoms with van der Waals surface area (Å²) < 4.78 is 0. The zero-order valence-electron chi connectivity index (χ0n) is 12.7. The summed E-state index contributed by atoms with van der Waals surface area (Å²) in [6, 6.07) is 0. The summed E-state index contributed by atoms with van der Waals surface area (Å²) >= 11 is 1.65. The van der Waals surface area contributed by atoms with E-state index in [0.717, 1.165) is 30.5 Å². The molecule has 1 N–H and O–H groups in total. The standard InChI is InChI=1S/C16H28N2OS/c1-2-3-4-8-11-14-15(19)18-16(20-14)17-12-13-9-6-5-7-10-13/h13-14H,2-12H2,1H3,(H,17,18,19). The van der Waals surface area contributed by atoms with Gasteiger partial charge in [0.15, 0.2) is 5.17 Å². The average molecular weight is 296 g/mol. The predicted molar refractivity (Wildman–Crippen MR) is 87.2 cm³/mol. The summed E-state index contributed by atoms with van der Waals surface area (Å²) in [5, 5.41) is 3.94. The Kier molecular flexibility index (Phi) is 6.91. The second kappa shape index (κ2) is 8.71. The Morgan fingerprint density at radius 1 is 1.20 bits per heavy atom. The van der Waals surface area contributed by atoms with Gasteiger partial charge in [-0.25, -0.2) is 0 Å². The average Bonchev–Trinajstić information content (AvgIpc) is 2.83. The lowest BCUT2D eigenvalue weighted by Gasteiger charge is -2.19. The van der Waals surface area contributed by atoms with Crippen LogP contribution in [0, 0.1) is 5.92 Å². The van der Waals surface area contributed by atoms with E-state index in [1.807, 2.05) is 0 Å². The first-order chi connectivity index (χ1) is 9.79. The van der Waals surface area contributed by atoms with Crippen molar-refractivity contribution in [2.75, 3.05) is 6.54 Å². The van der Waals surface area contributed by atoms with Gasteiger partial charge in [0.2, 0.25) is 5.91 Å². The summed E-state index contributed by atoms with van der Waals surface area (Å²) in [6.07, 6.45) is 12.7. The van der Waals surface area contributed by atoms with Crippen LogP contribution in [0.5, 0.6) is 0 Å². The third-order valence-corrected chi connectivity index (χ3v) is 5.50. The molecule has 114 valence electrons. The van der Waals surface area contributed by atoms with Crippen molar-refractivity contribution < 1.29 is 4.79 Å². The Balaban J connectivity index is 1.70. The Morgan fingerprint density at radius 2 is 2.00 bits per heavy atom.